The molecule has 2 heterocycles. The second kappa shape index (κ2) is 4.18. The van der Waals surface area contributed by atoms with E-state index in [1.165, 1.54) is 21.0 Å². The maximum absolute atomic E-state index is 4.77. The van der Waals surface area contributed by atoms with Crippen molar-refractivity contribution in [2.75, 3.05) is 0 Å². The highest BCUT2D eigenvalue weighted by Crippen LogP contribution is 2.33. The van der Waals surface area contributed by atoms with Gasteiger partial charge in [0.15, 0.2) is 0 Å². The van der Waals surface area contributed by atoms with Gasteiger partial charge in [0.25, 0.3) is 0 Å². The second-order valence-electron chi connectivity index (χ2n) is 4.53. The van der Waals surface area contributed by atoms with Crippen LogP contribution >= 0.6 is 11.3 Å². The molecule has 2 aromatic heterocycles. The third-order valence-corrected chi connectivity index (χ3v) is 4.32. The molecule has 0 aliphatic rings. The summed E-state index contributed by atoms with van der Waals surface area (Å²) >= 11 is 1.77. The molecule has 0 unspecified atom stereocenters. The van der Waals surface area contributed by atoms with Gasteiger partial charge >= 0.3 is 0 Å². The lowest BCUT2D eigenvalue weighted by Gasteiger charge is -2.02. The van der Waals surface area contributed by atoms with Crippen LogP contribution in [0.3, 0.4) is 0 Å². The summed E-state index contributed by atoms with van der Waals surface area (Å²) in [5, 5.41) is 4.67. The molecule has 4 aromatic rings. The topological polar surface area (TPSA) is 12.9 Å². The first-order valence-electron chi connectivity index (χ1n) is 6.24. The van der Waals surface area contributed by atoms with Gasteiger partial charge < -0.3 is 0 Å². The van der Waals surface area contributed by atoms with Crippen molar-refractivity contribution in [3.63, 3.8) is 0 Å². The quantitative estimate of drug-likeness (QED) is 0.463. The smallest absolute Gasteiger partial charge is 0.0724 e. The number of thiophene rings is 1. The lowest BCUT2D eigenvalue weighted by molar-refractivity contribution is 1.41. The van der Waals surface area contributed by atoms with E-state index in [9.17, 15) is 0 Å². The second-order valence-corrected chi connectivity index (χ2v) is 5.45. The van der Waals surface area contributed by atoms with E-state index in [0.29, 0.717) is 0 Å². The molecule has 4 rings (SSSR count). The molecule has 0 saturated carbocycles. The monoisotopic (exact) mass is 261 g/mol. The Morgan fingerprint density at radius 3 is 2.63 bits per heavy atom. The molecule has 0 bridgehead atoms. The number of para-hydroxylation sites is 1. The Bertz CT molecular complexity index is 876. The van der Waals surface area contributed by atoms with Crippen molar-refractivity contribution in [3.8, 4) is 11.3 Å². The first kappa shape index (κ1) is 10.7. The van der Waals surface area contributed by atoms with Crippen LogP contribution in [0.1, 0.15) is 0 Å². The zero-order chi connectivity index (χ0) is 12.7. The minimum Gasteiger partial charge on any atom is -0.248 e. The van der Waals surface area contributed by atoms with E-state index < -0.39 is 0 Å². The minimum atomic E-state index is 1.05. The van der Waals surface area contributed by atoms with Gasteiger partial charge in [-0.25, -0.2) is 4.98 Å². The van der Waals surface area contributed by atoms with E-state index >= 15 is 0 Å². The zero-order valence-electron chi connectivity index (χ0n) is 10.2. The summed E-state index contributed by atoms with van der Waals surface area (Å²) in [6.45, 7) is 0. The Morgan fingerprint density at radius 2 is 1.63 bits per heavy atom. The summed E-state index contributed by atoms with van der Waals surface area (Å²) in [4.78, 5) is 4.77. The molecule has 0 saturated heterocycles. The van der Waals surface area contributed by atoms with E-state index in [-0.39, 0.29) is 0 Å². The van der Waals surface area contributed by atoms with Gasteiger partial charge in [0.05, 0.1) is 11.2 Å². The van der Waals surface area contributed by atoms with Crippen molar-refractivity contribution in [1.29, 1.82) is 0 Å². The molecule has 2 aromatic carbocycles. The van der Waals surface area contributed by atoms with Crippen LogP contribution < -0.4 is 0 Å². The predicted molar refractivity (Wildman–Crippen MR) is 82.6 cm³/mol. The number of fused-ring (bicyclic) bond motifs is 2. The molecule has 0 spiro atoms. The Morgan fingerprint density at radius 1 is 0.789 bits per heavy atom. The largest absolute Gasteiger partial charge is 0.248 e. The van der Waals surface area contributed by atoms with Crippen molar-refractivity contribution in [3.05, 3.63) is 66.0 Å². The van der Waals surface area contributed by atoms with Crippen LogP contribution in [0.15, 0.2) is 66.0 Å². The Hall–Kier alpha value is -2.19. The third kappa shape index (κ3) is 1.72. The molecule has 19 heavy (non-hydrogen) atoms. The van der Waals surface area contributed by atoms with Crippen molar-refractivity contribution < 1.29 is 0 Å². The Labute approximate surface area is 115 Å². The SMILES string of the molecule is c1ccc2nc(-c3csc4ccccc34)ccc2c1. The first-order valence-corrected chi connectivity index (χ1v) is 7.12. The molecule has 0 aliphatic heterocycles. The summed E-state index contributed by atoms with van der Waals surface area (Å²) in [6.07, 6.45) is 0. The van der Waals surface area contributed by atoms with Crippen LogP contribution in [-0.2, 0) is 0 Å². The molecule has 0 fully saturated rings. The van der Waals surface area contributed by atoms with Gasteiger partial charge in [0.2, 0.25) is 0 Å². The number of benzene rings is 2. The van der Waals surface area contributed by atoms with Crippen LogP contribution in [0.2, 0.25) is 0 Å². The molecule has 0 atom stereocenters. The van der Waals surface area contributed by atoms with Gasteiger partial charge in [-0.2, -0.15) is 0 Å². The molecule has 0 N–H and O–H groups in total. The van der Waals surface area contributed by atoms with Crippen molar-refractivity contribution in [2.45, 2.75) is 0 Å². The lowest BCUT2D eigenvalue weighted by atomic mass is 10.1. The highest BCUT2D eigenvalue weighted by molar-refractivity contribution is 7.17. The Kier molecular flexibility index (Phi) is 2.35. The maximum atomic E-state index is 4.77. The van der Waals surface area contributed by atoms with Gasteiger partial charge in [-0.05, 0) is 18.2 Å². The van der Waals surface area contributed by atoms with E-state index in [1.807, 2.05) is 12.1 Å². The fourth-order valence-electron chi connectivity index (χ4n) is 2.39. The normalized spacial score (nSPS) is 11.2. The summed E-state index contributed by atoms with van der Waals surface area (Å²) in [7, 11) is 0. The highest BCUT2D eigenvalue weighted by atomic mass is 32.1. The number of hydrogen-bond acceptors (Lipinski definition) is 2. The van der Waals surface area contributed by atoms with Crippen LogP contribution in [0.5, 0.6) is 0 Å². The number of aromatic nitrogens is 1. The molecule has 0 amide bonds. The summed E-state index contributed by atoms with van der Waals surface area (Å²) < 4.78 is 1.31. The molecule has 0 aliphatic carbocycles. The fourth-order valence-corrected chi connectivity index (χ4v) is 3.35. The average molecular weight is 261 g/mol. The molecule has 1 nitrogen and oxygen atoms in total. The van der Waals surface area contributed by atoms with Crippen molar-refractivity contribution >= 4 is 32.3 Å². The number of hydrogen-bond donors (Lipinski definition) is 0. The van der Waals surface area contributed by atoms with Gasteiger partial charge in [0, 0.05) is 26.4 Å². The zero-order valence-corrected chi connectivity index (χ0v) is 11.0. The van der Waals surface area contributed by atoms with E-state index in [4.69, 9.17) is 4.98 Å². The lowest BCUT2D eigenvalue weighted by Crippen LogP contribution is -1.83. The van der Waals surface area contributed by atoms with Gasteiger partial charge in [-0.1, -0.05) is 42.5 Å². The van der Waals surface area contributed by atoms with Crippen molar-refractivity contribution in [1.82, 2.24) is 4.98 Å². The standard InChI is InChI=1S/C17H11NS/c1-3-7-15-12(5-1)9-10-16(18-15)14-11-19-17-8-4-2-6-13(14)17/h1-11H. The van der Waals surface area contributed by atoms with Crippen LogP contribution in [0, 0.1) is 0 Å². The van der Waals surface area contributed by atoms with Crippen LogP contribution in [0.4, 0.5) is 0 Å². The molecular formula is C17H11NS. The molecular weight excluding hydrogens is 250 g/mol. The van der Waals surface area contributed by atoms with Crippen LogP contribution in [-0.4, -0.2) is 4.98 Å². The number of nitrogens with zero attached hydrogens (tertiary/aromatic N) is 1. The van der Waals surface area contributed by atoms with Gasteiger partial charge in [0.1, 0.15) is 0 Å². The molecule has 0 radical (unpaired) electrons. The summed E-state index contributed by atoms with van der Waals surface area (Å²) in [5.41, 5.74) is 3.33. The predicted octanol–water partition coefficient (Wildman–Crippen LogP) is 5.12. The van der Waals surface area contributed by atoms with Crippen LogP contribution in [0.25, 0.3) is 32.2 Å². The Balaban J connectivity index is 1.99. The van der Waals surface area contributed by atoms with E-state index in [2.05, 4.69) is 53.9 Å². The first-order chi connectivity index (χ1) is 9.42. The fraction of sp³-hybridized carbons (Fsp3) is 0. The van der Waals surface area contributed by atoms with Gasteiger partial charge in [-0.3, -0.25) is 0 Å². The van der Waals surface area contributed by atoms with Crippen molar-refractivity contribution in [2.24, 2.45) is 0 Å². The summed E-state index contributed by atoms with van der Waals surface area (Å²) in [5.74, 6) is 0. The van der Waals surface area contributed by atoms with E-state index in [0.717, 1.165) is 11.2 Å². The van der Waals surface area contributed by atoms with E-state index in [1.54, 1.807) is 11.3 Å². The number of pyridine rings is 1. The molecule has 2 heteroatoms. The van der Waals surface area contributed by atoms with Gasteiger partial charge in [-0.15, -0.1) is 11.3 Å². The average Bonchev–Trinajstić information content (AvgIpc) is 2.91. The highest BCUT2D eigenvalue weighted by Gasteiger charge is 2.07. The number of rotatable bonds is 1. The minimum absolute atomic E-state index is 1.05. The summed E-state index contributed by atoms with van der Waals surface area (Å²) in [6, 6.07) is 21.0. The maximum Gasteiger partial charge on any atom is 0.0724 e. The molecule has 90 valence electrons. The third-order valence-electron chi connectivity index (χ3n) is 3.36.